The van der Waals surface area contributed by atoms with E-state index in [-0.39, 0.29) is 34.3 Å². The Morgan fingerprint density at radius 2 is 1.73 bits per heavy atom. The molecule has 1 saturated heterocycles. The second-order valence-electron chi connectivity index (χ2n) is 6.50. The highest BCUT2D eigenvalue weighted by molar-refractivity contribution is 6.47. The monoisotopic (exact) mass is 469 g/mol. The number of hydrogen-bond acceptors (Lipinski definition) is 5. The standard InChI is InChI=1S/C21H18Cl3NO5/c1-29-8-7-25-18(11-3-5-15(23)16(24)9-11)17(20(27)21(25)28)19(26)13-10-12(30-2)4-6-14(13)22/h3-6,9-10,18,26H,7-8H2,1-2H3/b19-17+. The Balaban J connectivity index is 2.23. The Kier molecular flexibility index (Phi) is 6.93. The Bertz CT molecular complexity index is 1040. The minimum absolute atomic E-state index is 0.107. The van der Waals surface area contributed by atoms with Gasteiger partial charge in [0.2, 0.25) is 0 Å². The molecule has 2 aromatic carbocycles. The molecule has 0 spiro atoms. The molecule has 0 radical (unpaired) electrons. The van der Waals surface area contributed by atoms with Crippen molar-refractivity contribution in [1.29, 1.82) is 0 Å². The largest absolute Gasteiger partial charge is 0.507 e. The number of aliphatic hydroxyl groups excluding tert-OH is 1. The summed E-state index contributed by atoms with van der Waals surface area (Å²) in [5.41, 5.74) is 0.579. The van der Waals surface area contributed by atoms with Crippen molar-refractivity contribution in [3.63, 3.8) is 0 Å². The molecule has 158 valence electrons. The lowest BCUT2D eigenvalue weighted by atomic mass is 9.95. The number of benzene rings is 2. The Hall–Kier alpha value is -2.25. The van der Waals surface area contributed by atoms with E-state index >= 15 is 0 Å². The first-order valence-electron chi connectivity index (χ1n) is 8.86. The van der Waals surface area contributed by atoms with E-state index in [0.717, 1.165) is 0 Å². The number of Topliss-reactive ketones (excluding diaryl/α,β-unsaturated/α-hetero) is 1. The number of likely N-dealkylation sites (tertiary alicyclic amines) is 1. The fourth-order valence-electron chi connectivity index (χ4n) is 3.29. The molecule has 0 aromatic heterocycles. The summed E-state index contributed by atoms with van der Waals surface area (Å²) in [4.78, 5) is 27.0. The van der Waals surface area contributed by atoms with Gasteiger partial charge in [-0.15, -0.1) is 0 Å². The Labute approximate surface area is 188 Å². The highest BCUT2D eigenvalue weighted by Gasteiger charge is 2.46. The number of nitrogens with zero attached hydrogens (tertiary/aromatic N) is 1. The molecule has 1 fully saturated rings. The third kappa shape index (κ3) is 4.14. The summed E-state index contributed by atoms with van der Waals surface area (Å²) in [6.07, 6.45) is 0. The maximum Gasteiger partial charge on any atom is 0.295 e. The van der Waals surface area contributed by atoms with Gasteiger partial charge in [0.05, 0.1) is 40.4 Å². The van der Waals surface area contributed by atoms with Gasteiger partial charge in [0.1, 0.15) is 11.5 Å². The average Bonchev–Trinajstić information content (AvgIpc) is 2.98. The van der Waals surface area contributed by atoms with Crippen LogP contribution >= 0.6 is 34.8 Å². The predicted molar refractivity (Wildman–Crippen MR) is 115 cm³/mol. The van der Waals surface area contributed by atoms with Gasteiger partial charge in [-0.2, -0.15) is 0 Å². The number of hydrogen-bond donors (Lipinski definition) is 1. The highest BCUT2D eigenvalue weighted by Crippen LogP contribution is 2.42. The molecule has 2 aromatic rings. The molecule has 6 nitrogen and oxygen atoms in total. The van der Waals surface area contributed by atoms with Crippen LogP contribution in [0.1, 0.15) is 17.2 Å². The smallest absolute Gasteiger partial charge is 0.295 e. The van der Waals surface area contributed by atoms with Crippen molar-refractivity contribution in [2.75, 3.05) is 27.4 Å². The third-order valence-electron chi connectivity index (χ3n) is 4.76. The molecule has 30 heavy (non-hydrogen) atoms. The van der Waals surface area contributed by atoms with Crippen LogP contribution < -0.4 is 4.74 Å². The molecule has 1 amide bonds. The van der Waals surface area contributed by atoms with Crippen LogP contribution in [-0.4, -0.2) is 49.1 Å². The van der Waals surface area contributed by atoms with Crippen molar-refractivity contribution in [1.82, 2.24) is 4.90 Å². The van der Waals surface area contributed by atoms with Crippen LogP contribution in [0.5, 0.6) is 5.75 Å². The van der Waals surface area contributed by atoms with Crippen molar-refractivity contribution in [3.8, 4) is 5.75 Å². The zero-order valence-electron chi connectivity index (χ0n) is 16.1. The number of ether oxygens (including phenoxy) is 2. The molecule has 1 atom stereocenters. The molecule has 1 unspecified atom stereocenters. The van der Waals surface area contributed by atoms with E-state index in [4.69, 9.17) is 44.3 Å². The van der Waals surface area contributed by atoms with E-state index < -0.39 is 23.5 Å². The first-order chi connectivity index (χ1) is 14.3. The minimum Gasteiger partial charge on any atom is -0.507 e. The van der Waals surface area contributed by atoms with E-state index in [2.05, 4.69) is 0 Å². The van der Waals surface area contributed by atoms with E-state index in [1.165, 1.54) is 31.3 Å². The maximum absolute atomic E-state index is 12.9. The first-order valence-corrected chi connectivity index (χ1v) is 9.99. The number of carbonyl (C=O) groups excluding carboxylic acids is 2. The van der Waals surface area contributed by atoms with Crippen molar-refractivity contribution in [2.45, 2.75) is 6.04 Å². The maximum atomic E-state index is 12.9. The lowest BCUT2D eigenvalue weighted by Gasteiger charge is -2.25. The van der Waals surface area contributed by atoms with Gasteiger partial charge in [0.25, 0.3) is 11.7 Å². The fourth-order valence-corrected chi connectivity index (χ4v) is 3.80. The van der Waals surface area contributed by atoms with Crippen molar-refractivity contribution in [3.05, 3.63) is 68.2 Å². The average molecular weight is 471 g/mol. The van der Waals surface area contributed by atoms with Gasteiger partial charge in [0.15, 0.2) is 0 Å². The highest BCUT2D eigenvalue weighted by atomic mass is 35.5. The molecule has 0 bridgehead atoms. The number of halogens is 3. The van der Waals surface area contributed by atoms with Crippen molar-refractivity contribution >= 4 is 52.3 Å². The van der Waals surface area contributed by atoms with E-state index in [0.29, 0.717) is 16.3 Å². The Morgan fingerprint density at radius 1 is 1.03 bits per heavy atom. The number of ketones is 1. The van der Waals surface area contributed by atoms with Gasteiger partial charge in [-0.3, -0.25) is 9.59 Å². The summed E-state index contributed by atoms with van der Waals surface area (Å²) in [6, 6.07) is 8.51. The van der Waals surface area contributed by atoms with Crippen LogP contribution in [0, 0.1) is 0 Å². The van der Waals surface area contributed by atoms with E-state index in [9.17, 15) is 14.7 Å². The third-order valence-corrected chi connectivity index (χ3v) is 5.83. The minimum atomic E-state index is -0.891. The number of rotatable bonds is 6. The second-order valence-corrected chi connectivity index (χ2v) is 7.73. The van der Waals surface area contributed by atoms with Crippen molar-refractivity contribution in [2.24, 2.45) is 0 Å². The van der Waals surface area contributed by atoms with Crippen LogP contribution in [0.15, 0.2) is 42.0 Å². The molecule has 1 heterocycles. The number of carbonyl (C=O) groups is 2. The molecule has 1 aliphatic rings. The Morgan fingerprint density at radius 3 is 2.37 bits per heavy atom. The van der Waals surface area contributed by atoms with Crippen LogP contribution in [-0.2, 0) is 14.3 Å². The van der Waals surface area contributed by atoms with E-state index in [1.54, 1.807) is 24.3 Å². The number of amides is 1. The summed E-state index contributed by atoms with van der Waals surface area (Å²) < 4.78 is 10.3. The van der Waals surface area contributed by atoms with Crippen LogP contribution in [0.2, 0.25) is 15.1 Å². The van der Waals surface area contributed by atoms with E-state index in [1.807, 2.05) is 0 Å². The summed E-state index contributed by atoms with van der Waals surface area (Å²) in [5.74, 6) is -1.57. The summed E-state index contributed by atoms with van der Waals surface area (Å²) in [6.45, 7) is 0.333. The first kappa shape index (κ1) is 22.4. The second kappa shape index (κ2) is 9.27. The summed E-state index contributed by atoms with van der Waals surface area (Å²) in [7, 11) is 2.95. The van der Waals surface area contributed by atoms with Gasteiger partial charge in [-0.05, 0) is 35.9 Å². The lowest BCUT2D eigenvalue weighted by Crippen LogP contribution is -2.32. The molecule has 0 aliphatic carbocycles. The zero-order chi connectivity index (χ0) is 22.0. The molecular weight excluding hydrogens is 453 g/mol. The fraction of sp³-hybridized carbons (Fsp3) is 0.238. The topological polar surface area (TPSA) is 76.1 Å². The molecule has 1 N–H and O–H groups in total. The molecule has 3 rings (SSSR count). The van der Waals surface area contributed by atoms with Gasteiger partial charge in [0, 0.05) is 19.2 Å². The normalized spacial score (nSPS) is 18.2. The van der Waals surface area contributed by atoms with Crippen LogP contribution in [0.3, 0.4) is 0 Å². The summed E-state index contributed by atoms with van der Waals surface area (Å²) in [5, 5.41) is 11.8. The molecule has 9 heteroatoms. The molecular formula is C21H18Cl3NO5. The van der Waals surface area contributed by atoms with Gasteiger partial charge < -0.3 is 19.5 Å². The van der Waals surface area contributed by atoms with Crippen molar-refractivity contribution < 1.29 is 24.2 Å². The lowest BCUT2D eigenvalue weighted by molar-refractivity contribution is -0.140. The van der Waals surface area contributed by atoms with Gasteiger partial charge in [-0.25, -0.2) is 0 Å². The number of methoxy groups -OCH3 is 2. The van der Waals surface area contributed by atoms with Gasteiger partial charge in [-0.1, -0.05) is 40.9 Å². The number of aliphatic hydroxyl groups is 1. The predicted octanol–water partition coefficient (Wildman–Crippen LogP) is 4.72. The molecule has 0 saturated carbocycles. The van der Waals surface area contributed by atoms with Crippen LogP contribution in [0.25, 0.3) is 5.76 Å². The quantitative estimate of drug-likeness (QED) is 0.375. The molecule has 1 aliphatic heterocycles. The zero-order valence-corrected chi connectivity index (χ0v) is 18.4. The van der Waals surface area contributed by atoms with Crippen LogP contribution in [0.4, 0.5) is 0 Å². The SMILES string of the molecule is COCCN1C(=O)C(=O)/C(=C(/O)c2cc(OC)ccc2Cl)C1c1ccc(Cl)c(Cl)c1. The summed E-state index contributed by atoms with van der Waals surface area (Å²) >= 11 is 18.4. The van der Waals surface area contributed by atoms with Gasteiger partial charge >= 0.3 is 0 Å².